The van der Waals surface area contributed by atoms with Crippen LogP contribution >= 0.6 is 0 Å². The molecule has 2 nitrogen and oxygen atoms in total. The normalized spacial score (nSPS) is 31.2. The third-order valence-corrected chi connectivity index (χ3v) is 4.90. The maximum absolute atomic E-state index is 12.3. The van der Waals surface area contributed by atoms with E-state index in [4.69, 9.17) is 5.73 Å². The Morgan fingerprint density at radius 1 is 1.05 bits per heavy atom. The van der Waals surface area contributed by atoms with E-state index in [1.807, 2.05) is 0 Å². The van der Waals surface area contributed by atoms with Gasteiger partial charge in [-0.2, -0.15) is 0 Å². The van der Waals surface area contributed by atoms with Crippen LogP contribution in [0.25, 0.3) is 0 Å². The van der Waals surface area contributed by atoms with Crippen LogP contribution in [0.15, 0.2) is 0 Å². The predicted molar refractivity (Wildman–Crippen MR) is 82.1 cm³/mol. The monoisotopic (exact) mass is 267 g/mol. The molecule has 19 heavy (non-hydrogen) atoms. The van der Waals surface area contributed by atoms with Crippen molar-refractivity contribution in [3.63, 3.8) is 0 Å². The van der Waals surface area contributed by atoms with E-state index in [1.165, 1.54) is 51.4 Å². The number of rotatable bonds is 3. The third-order valence-electron chi connectivity index (χ3n) is 4.90. The number of ketones is 1. The Bertz CT molecular complexity index is 264. The first-order valence-electron chi connectivity index (χ1n) is 8.32. The highest BCUT2D eigenvalue weighted by atomic mass is 16.1. The number of hydrogen-bond donors (Lipinski definition) is 1. The molecule has 2 N–H and O–H groups in total. The Labute approximate surface area is 119 Å². The van der Waals surface area contributed by atoms with Crippen molar-refractivity contribution in [1.82, 2.24) is 0 Å². The molecule has 112 valence electrons. The number of Topliss-reactive ketones (excluding diaryl/α,β-unsaturated/α-hetero) is 1. The van der Waals surface area contributed by atoms with Gasteiger partial charge in [0.2, 0.25) is 0 Å². The molecule has 0 amide bonds. The van der Waals surface area contributed by atoms with Crippen LogP contribution in [0.3, 0.4) is 0 Å². The molecule has 1 aliphatic carbocycles. The quantitative estimate of drug-likeness (QED) is 0.820. The molecule has 0 saturated heterocycles. The van der Waals surface area contributed by atoms with Gasteiger partial charge >= 0.3 is 0 Å². The SMILES string of the molecule is CC1CCCCCCCC(C)(C(=O)CCN)CCC1. The molecule has 0 spiro atoms. The second-order valence-corrected chi connectivity index (χ2v) is 6.83. The summed E-state index contributed by atoms with van der Waals surface area (Å²) in [5, 5.41) is 0. The minimum Gasteiger partial charge on any atom is -0.330 e. The number of nitrogens with two attached hydrogens (primary N) is 1. The standard InChI is InChI=1S/C17H33NO/c1-15-9-6-4-3-5-7-12-17(2,13-8-10-15)16(19)11-14-18/h15H,3-14,18H2,1-2H3. The molecule has 2 atom stereocenters. The minimum absolute atomic E-state index is 0.0989. The summed E-state index contributed by atoms with van der Waals surface area (Å²) in [5.74, 6) is 1.23. The van der Waals surface area contributed by atoms with E-state index in [2.05, 4.69) is 13.8 Å². The first-order valence-corrected chi connectivity index (χ1v) is 8.32. The average Bonchev–Trinajstić information content (AvgIpc) is 2.36. The summed E-state index contributed by atoms with van der Waals surface area (Å²) in [6, 6.07) is 0. The fraction of sp³-hybridized carbons (Fsp3) is 0.941. The van der Waals surface area contributed by atoms with E-state index in [0.29, 0.717) is 18.7 Å². The molecule has 0 heterocycles. The maximum Gasteiger partial charge on any atom is 0.140 e. The van der Waals surface area contributed by atoms with Gasteiger partial charge in [-0.25, -0.2) is 0 Å². The Kier molecular flexibility index (Phi) is 7.67. The smallest absolute Gasteiger partial charge is 0.140 e. The lowest BCUT2D eigenvalue weighted by molar-refractivity contribution is -0.128. The van der Waals surface area contributed by atoms with E-state index in [1.54, 1.807) is 0 Å². The van der Waals surface area contributed by atoms with E-state index in [-0.39, 0.29) is 5.41 Å². The van der Waals surface area contributed by atoms with Gasteiger partial charge in [-0.3, -0.25) is 4.79 Å². The first-order chi connectivity index (χ1) is 9.08. The van der Waals surface area contributed by atoms with Gasteiger partial charge in [0.1, 0.15) is 5.78 Å². The average molecular weight is 267 g/mol. The highest BCUT2D eigenvalue weighted by Gasteiger charge is 2.31. The van der Waals surface area contributed by atoms with E-state index in [9.17, 15) is 4.79 Å². The van der Waals surface area contributed by atoms with Crippen molar-refractivity contribution in [2.45, 2.75) is 84.5 Å². The van der Waals surface area contributed by atoms with Crippen molar-refractivity contribution < 1.29 is 4.79 Å². The third kappa shape index (κ3) is 6.07. The zero-order chi connectivity index (χ0) is 14.1. The molecule has 2 unspecified atom stereocenters. The number of hydrogen-bond acceptors (Lipinski definition) is 2. The minimum atomic E-state index is -0.0989. The molecule has 0 aliphatic heterocycles. The fourth-order valence-electron chi connectivity index (χ4n) is 3.36. The highest BCUT2D eigenvalue weighted by molar-refractivity contribution is 5.84. The summed E-state index contributed by atoms with van der Waals surface area (Å²) in [7, 11) is 0. The summed E-state index contributed by atoms with van der Waals surface area (Å²) < 4.78 is 0. The molecule has 0 aromatic rings. The van der Waals surface area contributed by atoms with E-state index in [0.717, 1.165) is 18.8 Å². The summed E-state index contributed by atoms with van der Waals surface area (Å²) >= 11 is 0. The summed E-state index contributed by atoms with van der Waals surface area (Å²) in [6.45, 7) is 5.05. The lowest BCUT2D eigenvalue weighted by Crippen LogP contribution is -2.30. The Balaban J connectivity index is 2.58. The second-order valence-electron chi connectivity index (χ2n) is 6.83. The molecule has 1 aliphatic rings. The molecule has 0 radical (unpaired) electrons. The molecule has 0 aromatic heterocycles. The molecule has 1 fully saturated rings. The van der Waals surface area contributed by atoms with Crippen molar-refractivity contribution in [1.29, 1.82) is 0 Å². The van der Waals surface area contributed by atoms with Crippen molar-refractivity contribution in [3.05, 3.63) is 0 Å². The second kappa shape index (κ2) is 8.73. The highest BCUT2D eigenvalue weighted by Crippen LogP contribution is 2.34. The molecule has 1 rings (SSSR count). The zero-order valence-corrected chi connectivity index (χ0v) is 13.0. The van der Waals surface area contributed by atoms with Crippen LogP contribution in [0.5, 0.6) is 0 Å². The lowest BCUT2D eigenvalue weighted by atomic mass is 9.74. The lowest BCUT2D eigenvalue weighted by Gasteiger charge is -2.29. The van der Waals surface area contributed by atoms with E-state index < -0.39 is 0 Å². The number of carbonyl (C=O) groups excluding carboxylic acids is 1. The van der Waals surface area contributed by atoms with Gasteiger partial charge in [-0.15, -0.1) is 0 Å². The van der Waals surface area contributed by atoms with Gasteiger partial charge in [0, 0.05) is 11.8 Å². The summed E-state index contributed by atoms with van der Waals surface area (Å²) in [5.41, 5.74) is 5.47. The zero-order valence-electron chi connectivity index (χ0n) is 13.0. The van der Waals surface area contributed by atoms with Gasteiger partial charge < -0.3 is 5.73 Å². The maximum atomic E-state index is 12.3. The van der Waals surface area contributed by atoms with Crippen molar-refractivity contribution >= 4 is 5.78 Å². The van der Waals surface area contributed by atoms with Crippen LogP contribution in [0.4, 0.5) is 0 Å². The molecule has 1 saturated carbocycles. The molecule has 0 bridgehead atoms. The van der Waals surface area contributed by atoms with Crippen LogP contribution < -0.4 is 5.73 Å². The van der Waals surface area contributed by atoms with Crippen LogP contribution in [-0.2, 0) is 4.79 Å². The summed E-state index contributed by atoms with van der Waals surface area (Å²) in [4.78, 5) is 12.3. The van der Waals surface area contributed by atoms with Gasteiger partial charge in [0.25, 0.3) is 0 Å². The van der Waals surface area contributed by atoms with Crippen LogP contribution in [0.1, 0.15) is 84.5 Å². The van der Waals surface area contributed by atoms with Crippen molar-refractivity contribution in [2.24, 2.45) is 17.1 Å². The fourth-order valence-corrected chi connectivity index (χ4v) is 3.36. The molecular formula is C17H33NO. The topological polar surface area (TPSA) is 43.1 Å². The Morgan fingerprint density at radius 2 is 1.63 bits per heavy atom. The molecule has 2 heteroatoms. The van der Waals surface area contributed by atoms with Gasteiger partial charge in [0.15, 0.2) is 0 Å². The van der Waals surface area contributed by atoms with Gasteiger partial charge in [0.05, 0.1) is 0 Å². The number of carbonyl (C=O) groups is 1. The van der Waals surface area contributed by atoms with Gasteiger partial charge in [-0.1, -0.05) is 65.2 Å². The largest absolute Gasteiger partial charge is 0.330 e. The van der Waals surface area contributed by atoms with Crippen molar-refractivity contribution in [3.8, 4) is 0 Å². The van der Waals surface area contributed by atoms with Gasteiger partial charge in [-0.05, 0) is 25.3 Å². The molecule has 0 aromatic carbocycles. The van der Waals surface area contributed by atoms with Crippen LogP contribution in [0, 0.1) is 11.3 Å². The predicted octanol–water partition coefficient (Wildman–Crippen LogP) is 4.46. The Morgan fingerprint density at radius 3 is 2.37 bits per heavy atom. The first kappa shape index (κ1) is 16.7. The van der Waals surface area contributed by atoms with Crippen molar-refractivity contribution in [2.75, 3.05) is 6.54 Å². The molecular weight excluding hydrogens is 234 g/mol. The summed E-state index contributed by atoms with van der Waals surface area (Å²) in [6.07, 6.45) is 13.2. The van der Waals surface area contributed by atoms with Crippen LogP contribution in [0.2, 0.25) is 0 Å². The Hall–Kier alpha value is -0.370. The van der Waals surface area contributed by atoms with Crippen LogP contribution in [-0.4, -0.2) is 12.3 Å². The van der Waals surface area contributed by atoms with E-state index >= 15 is 0 Å².